The molecule has 7 nitrogen and oxygen atoms in total. The Hall–Kier alpha value is -3.58. The number of hydrogen-bond donors (Lipinski definition) is 1. The van der Waals surface area contributed by atoms with E-state index in [9.17, 15) is 9.59 Å². The molecule has 2 aromatic carbocycles. The van der Waals surface area contributed by atoms with Gasteiger partial charge in [-0.25, -0.2) is 4.79 Å². The summed E-state index contributed by atoms with van der Waals surface area (Å²) in [4.78, 5) is 29.3. The van der Waals surface area contributed by atoms with Crippen molar-refractivity contribution in [3.05, 3.63) is 83.4 Å². The molecule has 2 N–H and O–H groups in total. The Labute approximate surface area is 192 Å². The van der Waals surface area contributed by atoms with Crippen LogP contribution in [-0.4, -0.2) is 48.8 Å². The normalized spacial score (nSPS) is 19.5. The summed E-state index contributed by atoms with van der Waals surface area (Å²) in [6.07, 6.45) is 7.99. The van der Waals surface area contributed by atoms with Crippen LogP contribution in [0.3, 0.4) is 0 Å². The minimum absolute atomic E-state index is 0.204. The molecule has 1 aliphatic heterocycles. The zero-order valence-corrected chi connectivity index (χ0v) is 18.6. The van der Waals surface area contributed by atoms with E-state index in [1.165, 1.54) is 4.90 Å². The molecule has 1 heterocycles. The van der Waals surface area contributed by atoms with Gasteiger partial charge in [0.25, 0.3) is 5.91 Å². The third kappa shape index (κ3) is 4.24. The molecular formula is C24H24ClN5O2. The quantitative estimate of drug-likeness (QED) is 0.724. The molecule has 0 fully saturated rings. The molecule has 0 saturated heterocycles. The first-order valence-corrected chi connectivity index (χ1v) is 10.6. The highest BCUT2D eigenvalue weighted by atomic mass is 35.5. The van der Waals surface area contributed by atoms with Crippen molar-refractivity contribution in [2.75, 3.05) is 23.9 Å². The predicted octanol–water partition coefficient (Wildman–Crippen LogP) is 3.60. The molecule has 164 valence electrons. The number of primary amides is 1. The number of amides is 3. The Balaban J connectivity index is 1.73. The number of urea groups is 1. The standard InChI is InChI=1S/C24H24ClN5O2/c1-28(2)27-18-9-13-19(14-10-18)29-21-6-4-3-5-16(21)15-22(23(29)31)30(24(26)32)20-11-7-17(25)8-12-20/h3-14,19,22H,15H2,1-2H3,(H2,26,32). The number of fused-ring (bicyclic) bond motifs is 1. The molecule has 4 rings (SSSR count). The van der Waals surface area contributed by atoms with Gasteiger partial charge in [-0.1, -0.05) is 42.0 Å². The molecule has 0 radical (unpaired) electrons. The lowest BCUT2D eigenvalue weighted by atomic mass is 9.93. The number of carbonyl (C=O) groups is 2. The fraction of sp³-hybridized carbons (Fsp3) is 0.208. The van der Waals surface area contributed by atoms with E-state index < -0.39 is 12.1 Å². The van der Waals surface area contributed by atoms with Crippen LogP contribution in [0.4, 0.5) is 16.2 Å². The molecule has 0 saturated carbocycles. The number of rotatable bonds is 4. The Bertz CT molecular complexity index is 1110. The predicted molar refractivity (Wildman–Crippen MR) is 128 cm³/mol. The van der Waals surface area contributed by atoms with Gasteiger partial charge in [-0.05, 0) is 48.0 Å². The summed E-state index contributed by atoms with van der Waals surface area (Å²) >= 11 is 6.01. The van der Waals surface area contributed by atoms with Crippen molar-refractivity contribution in [1.82, 2.24) is 5.01 Å². The number of nitrogens with zero attached hydrogens (tertiary/aromatic N) is 4. The fourth-order valence-electron chi connectivity index (χ4n) is 4.05. The summed E-state index contributed by atoms with van der Waals surface area (Å²) < 4.78 is 0. The zero-order chi connectivity index (χ0) is 22.8. The molecule has 1 unspecified atom stereocenters. The molecule has 1 atom stereocenters. The second kappa shape index (κ2) is 8.88. The van der Waals surface area contributed by atoms with Gasteiger partial charge in [0.1, 0.15) is 6.04 Å². The Morgan fingerprint density at radius 2 is 1.75 bits per heavy atom. The van der Waals surface area contributed by atoms with Crippen molar-refractivity contribution < 1.29 is 9.59 Å². The van der Waals surface area contributed by atoms with Crippen molar-refractivity contribution in [2.24, 2.45) is 10.8 Å². The zero-order valence-electron chi connectivity index (χ0n) is 17.9. The van der Waals surface area contributed by atoms with Gasteiger partial charge in [0.2, 0.25) is 0 Å². The maximum absolute atomic E-state index is 13.8. The van der Waals surface area contributed by atoms with Crippen LogP contribution in [0.5, 0.6) is 0 Å². The van der Waals surface area contributed by atoms with E-state index in [-0.39, 0.29) is 11.9 Å². The summed E-state index contributed by atoms with van der Waals surface area (Å²) in [7, 11) is 3.70. The van der Waals surface area contributed by atoms with E-state index in [0.29, 0.717) is 17.1 Å². The Morgan fingerprint density at radius 3 is 2.38 bits per heavy atom. The van der Waals surface area contributed by atoms with Crippen molar-refractivity contribution >= 4 is 40.6 Å². The number of benzene rings is 2. The first-order valence-electron chi connectivity index (χ1n) is 10.2. The van der Waals surface area contributed by atoms with Crippen LogP contribution in [0, 0.1) is 0 Å². The van der Waals surface area contributed by atoms with Gasteiger partial charge < -0.3 is 10.7 Å². The molecule has 2 aliphatic rings. The van der Waals surface area contributed by atoms with E-state index >= 15 is 0 Å². The maximum atomic E-state index is 13.8. The number of halogens is 1. The van der Waals surface area contributed by atoms with Crippen LogP contribution < -0.4 is 15.5 Å². The van der Waals surface area contributed by atoms with E-state index in [0.717, 1.165) is 17.0 Å². The van der Waals surface area contributed by atoms with Crippen molar-refractivity contribution in [3.63, 3.8) is 0 Å². The second-order valence-corrected chi connectivity index (χ2v) is 8.26. The van der Waals surface area contributed by atoms with Crippen LogP contribution in [-0.2, 0) is 11.2 Å². The number of anilines is 2. The van der Waals surface area contributed by atoms with Gasteiger partial charge in [-0.15, -0.1) is 0 Å². The highest BCUT2D eigenvalue weighted by Crippen LogP contribution is 2.34. The SMILES string of the molecule is CN(C)N=C1C=CC(N2C(=O)C(N(C(N)=O)c3ccc(Cl)cc3)Cc3ccccc32)C=C1. The average molecular weight is 450 g/mol. The molecule has 8 heteroatoms. The van der Waals surface area contributed by atoms with E-state index in [2.05, 4.69) is 5.10 Å². The lowest BCUT2D eigenvalue weighted by molar-refractivity contribution is -0.120. The maximum Gasteiger partial charge on any atom is 0.320 e. The summed E-state index contributed by atoms with van der Waals surface area (Å²) in [5.41, 5.74) is 8.84. The van der Waals surface area contributed by atoms with Crippen molar-refractivity contribution in [1.29, 1.82) is 0 Å². The number of hydrogen-bond acceptors (Lipinski definition) is 4. The molecule has 0 spiro atoms. The largest absolute Gasteiger partial charge is 0.351 e. The van der Waals surface area contributed by atoms with Gasteiger partial charge in [-0.2, -0.15) is 5.10 Å². The molecule has 0 aromatic heterocycles. The fourth-order valence-corrected chi connectivity index (χ4v) is 4.17. The third-order valence-corrected chi connectivity index (χ3v) is 5.63. The molecular weight excluding hydrogens is 426 g/mol. The summed E-state index contributed by atoms with van der Waals surface area (Å²) in [5, 5.41) is 6.64. The average Bonchev–Trinajstić information content (AvgIpc) is 2.76. The smallest absolute Gasteiger partial charge is 0.320 e. The minimum Gasteiger partial charge on any atom is -0.351 e. The number of allylic oxidation sites excluding steroid dienone is 2. The number of nitrogens with two attached hydrogens (primary N) is 1. The molecule has 1 aliphatic carbocycles. The van der Waals surface area contributed by atoms with E-state index in [1.54, 1.807) is 34.2 Å². The van der Waals surface area contributed by atoms with Gasteiger partial charge in [0.15, 0.2) is 0 Å². The number of hydrazone groups is 1. The van der Waals surface area contributed by atoms with E-state index in [4.69, 9.17) is 17.3 Å². The summed E-state index contributed by atoms with van der Waals surface area (Å²) in [6, 6.07) is 12.7. The van der Waals surface area contributed by atoms with Crippen LogP contribution in [0.2, 0.25) is 5.02 Å². The molecule has 32 heavy (non-hydrogen) atoms. The van der Waals surface area contributed by atoms with Crippen LogP contribution >= 0.6 is 11.6 Å². The topological polar surface area (TPSA) is 82.2 Å². The third-order valence-electron chi connectivity index (χ3n) is 5.38. The van der Waals surface area contributed by atoms with E-state index in [1.807, 2.05) is 62.7 Å². The van der Waals surface area contributed by atoms with Crippen LogP contribution in [0.15, 0.2) is 77.9 Å². The number of para-hydroxylation sites is 1. The first kappa shape index (κ1) is 21.6. The lowest BCUT2D eigenvalue weighted by Gasteiger charge is -2.41. The van der Waals surface area contributed by atoms with Gasteiger partial charge in [0, 0.05) is 36.9 Å². The highest BCUT2D eigenvalue weighted by molar-refractivity contribution is 6.30. The second-order valence-electron chi connectivity index (χ2n) is 7.82. The van der Waals surface area contributed by atoms with Gasteiger partial charge in [0.05, 0.1) is 11.8 Å². The van der Waals surface area contributed by atoms with Crippen LogP contribution in [0.25, 0.3) is 0 Å². The van der Waals surface area contributed by atoms with Crippen molar-refractivity contribution in [3.8, 4) is 0 Å². The Morgan fingerprint density at radius 1 is 1.09 bits per heavy atom. The summed E-state index contributed by atoms with van der Waals surface area (Å²) in [5.74, 6) is -0.204. The summed E-state index contributed by atoms with van der Waals surface area (Å²) in [6.45, 7) is 0. The van der Waals surface area contributed by atoms with Crippen molar-refractivity contribution in [2.45, 2.75) is 18.5 Å². The van der Waals surface area contributed by atoms with Gasteiger partial charge >= 0.3 is 6.03 Å². The van der Waals surface area contributed by atoms with Crippen LogP contribution in [0.1, 0.15) is 5.56 Å². The Kier molecular flexibility index (Phi) is 6.01. The molecule has 0 bridgehead atoms. The van der Waals surface area contributed by atoms with Gasteiger partial charge in [-0.3, -0.25) is 14.6 Å². The monoisotopic (exact) mass is 449 g/mol. The molecule has 2 aromatic rings. The minimum atomic E-state index is -0.776. The number of carbonyl (C=O) groups excluding carboxylic acids is 2. The lowest BCUT2D eigenvalue weighted by Crippen LogP contribution is -2.58. The highest BCUT2D eigenvalue weighted by Gasteiger charge is 2.40. The first-order chi connectivity index (χ1) is 15.3. The molecule has 3 amide bonds.